The van der Waals surface area contributed by atoms with Gasteiger partial charge in [-0.05, 0) is 111 Å². The fourth-order valence-electron chi connectivity index (χ4n) is 8.40. The van der Waals surface area contributed by atoms with Crippen molar-refractivity contribution in [3.05, 3.63) is 65.7 Å². The molecule has 0 spiro atoms. The number of sulfonamides is 1. The lowest BCUT2D eigenvalue weighted by Crippen LogP contribution is -2.54. The van der Waals surface area contributed by atoms with Gasteiger partial charge in [0, 0.05) is 12.6 Å². The molecule has 0 aromatic heterocycles. The third-order valence-corrected chi connectivity index (χ3v) is 11.5. The smallest absolute Gasteiger partial charge is 0.244 e. The molecule has 1 N–H and O–H groups in total. The van der Waals surface area contributed by atoms with Crippen molar-refractivity contribution in [2.75, 3.05) is 23.7 Å². The van der Waals surface area contributed by atoms with Gasteiger partial charge in [-0.3, -0.25) is 13.9 Å². The molecule has 4 aliphatic rings. The first-order valence-corrected chi connectivity index (χ1v) is 18.1. The first-order valence-electron chi connectivity index (χ1n) is 16.2. The topological polar surface area (TPSA) is 86.8 Å². The Hall–Kier alpha value is -2.87. The third kappa shape index (κ3) is 7.11. The Morgan fingerprint density at radius 2 is 1.49 bits per heavy atom. The summed E-state index contributed by atoms with van der Waals surface area (Å²) in [5, 5.41) is 3.03. The highest BCUT2D eigenvalue weighted by Gasteiger charge is 2.51. The Labute approximate surface area is 258 Å². The van der Waals surface area contributed by atoms with Crippen molar-refractivity contribution in [3.63, 3.8) is 0 Å². The van der Waals surface area contributed by atoms with Gasteiger partial charge in [0.1, 0.15) is 12.6 Å². The van der Waals surface area contributed by atoms with Crippen LogP contribution in [0.1, 0.15) is 83.3 Å². The molecule has 0 aliphatic heterocycles. The Morgan fingerprint density at radius 1 is 0.907 bits per heavy atom. The van der Waals surface area contributed by atoms with Gasteiger partial charge >= 0.3 is 0 Å². The van der Waals surface area contributed by atoms with Gasteiger partial charge in [-0.25, -0.2) is 8.42 Å². The lowest BCUT2D eigenvalue weighted by atomic mass is 9.48. The lowest BCUT2D eigenvalue weighted by Gasteiger charge is -2.57. The number of rotatable bonds is 13. The van der Waals surface area contributed by atoms with Crippen molar-refractivity contribution in [1.29, 1.82) is 0 Å². The van der Waals surface area contributed by atoms with Crippen LogP contribution in [0.5, 0.6) is 0 Å². The molecule has 4 saturated carbocycles. The van der Waals surface area contributed by atoms with Crippen LogP contribution >= 0.6 is 0 Å². The number of benzene rings is 2. The Kier molecular flexibility index (Phi) is 9.55. The highest BCUT2D eigenvalue weighted by Crippen LogP contribution is 2.60. The maximum Gasteiger partial charge on any atom is 0.244 e. The summed E-state index contributed by atoms with van der Waals surface area (Å²) in [6, 6.07) is 17.1. The summed E-state index contributed by atoms with van der Waals surface area (Å²) in [7, 11) is -3.76. The molecule has 0 heterocycles. The zero-order valence-electron chi connectivity index (χ0n) is 26.3. The quantitative estimate of drug-likeness (QED) is 0.317. The number of carbonyl (C=O) groups is 2. The first kappa shape index (κ1) is 31.6. The Morgan fingerprint density at radius 3 is 2.00 bits per heavy atom. The van der Waals surface area contributed by atoms with E-state index in [1.165, 1.54) is 48.4 Å². The van der Waals surface area contributed by atoms with Crippen molar-refractivity contribution in [1.82, 2.24) is 10.2 Å². The highest BCUT2D eigenvalue weighted by atomic mass is 32.2. The van der Waals surface area contributed by atoms with Gasteiger partial charge in [0.15, 0.2) is 0 Å². The number of hydrogen-bond donors (Lipinski definition) is 1. The van der Waals surface area contributed by atoms with Gasteiger partial charge < -0.3 is 10.2 Å². The molecule has 2 amide bonds. The standard InChI is InChI=1S/C35H49N3O4S/c1-5-25(3)36-34(40)32(6-2)37(17-16-26-10-8-7-9-11-26)33(39)24-38(43(4,41)42)31-14-12-30(13-15-31)35-21-27-18-28(22-35)20-29(19-27)23-35/h7-15,25,27-29,32H,5-6,16-24H2,1-4H3,(H,36,40). The number of carbonyl (C=O) groups excluding carboxylic acids is 2. The molecule has 4 aliphatic carbocycles. The number of amides is 2. The number of hydrogen-bond acceptors (Lipinski definition) is 4. The van der Waals surface area contributed by atoms with Crippen molar-refractivity contribution in [2.24, 2.45) is 17.8 Å². The summed E-state index contributed by atoms with van der Waals surface area (Å²) in [4.78, 5) is 28.9. The van der Waals surface area contributed by atoms with Crippen LogP contribution < -0.4 is 9.62 Å². The normalized spacial score (nSPS) is 25.6. The second-order valence-electron chi connectivity index (χ2n) is 13.6. The second-order valence-corrected chi connectivity index (χ2v) is 15.5. The van der Waals surface area contributed by atoms with Crippen molar-refractivity contribution in [3.8, 4) is 0 Å². The molecule has 0 radical (unpaired) electrons. The number of anilines is 1. The molecule has 2 aromatic carbocycles. The van der Waals surface area contributed by atoms with Gasteiger partial charge in [0.05, 0.1) is 11.9 Å². The fourth-order valence-corrected chi connectivity index (χ4v) is 9.25. The van der Waals surface area contributed by atoms with Crippen LogP contribution in [0, 0.1) is 17.8 Å². The number of nitrogens with zero attached hydrogens (tertiary/aromatic N) is 2. The second kappa shape index (κ2) is 13.0. The van der Waals surface area contributed by atoms with Crippen molar-refractivity contribution in [2.45, 2.75) is 96.1 Å². The largest absolute Gasteiger partial charge is 0.352 e. The maximum absolute atomic E-state index is 14.0. The van der Waals surface area contributed by atoms with Crippen LogP contribution in [-0.2, 0) is 31.4 Å². The minimum Gasteiger partial charge on any atom is -0.352 e. The molecule has 4 fully saturated rings. The third-order valence-electron chi connectivity index (χ3n) is 10.4. The van der Waals surface area contributed by atoms with E-state index in [4.69, 9.17) is 0 Å². The van der Waals surface area contributed by atoms with Crippen molar-refractivity contribution < 1.29 is 18.0 Å². The average Bonchev–Trinajstić information content (AvgIpc) is 2.97. The van der Waals surface area contributed by atoms with E-state index >= 15 is 0 Å². The van der Waals surface area contributed by atoms with E-state index in [0.29, 0.717) is 25.1 Å². The molecule has 2 aromatic rings. The van der Waals surface area contributed by atoms with Crippen LogP contribution in [0.25, 0.3) is 0 Å². The molecule has 234 valence electrons. The van der Waals surface area contributed by atoms with Crippen molar-refractivity contribution >= 4 is 27.5 Å². The molecule has 0 saturated heterocycles. The minimum absolute atomic E-state index is 0.0207. The molecule has 43 heavy (non-hydrogen) atoms. The highest BCUT2D eigenvalue weighted by molar-refractivity contribution is 7.92. The Bertz CT molecular complexity index is 1340. The fraction of sp³-hybridized carbons (Fsp3) is 0.600. The van der Waals surface area contributed by atoms with Crippen LogP contribution in [-0.4, -0.2) is 56.6 Å². The van der Waals surface area contributed by atoms with E-state index in [2.05, 4.69) is 17.4 Å². The van der Waals surface area contributed by atoms with Gasteiger partial charge in [-0.2, -0.15) is 0 Å². The van der Waals surface area contributed by atoms with Crippen LogP contribution in [0.2, 0.25) is 0 Å². The van der Waals surface area contributed by atoms with E-state index in [-0.39, 0.29) is 29.8 Å². The summed E-state index contributed by atoms with van der Waals surface area (Å²) < 4.78 is 27.4. The van der Waals surface area contributed by atoms with Gasteiger partial charge in [0.2, 0.25) is 21.8 Å². The predicted molar refractivity (Wildman–Crippen MR) is 172 cm³/mol. The summed E-state index contributed by atoms with van der Waals surface area (Å²) in [6.45, 7) is 5.80. The summed E-state index contributed by atoms with van der Waals surface area (Å²) in [5.41, 5.74) is 3.07. The van der Waals surface area contributed by atoms with E-state index in [9.17, 15) is 18.0 Å². The molecule has 4 bridgehead atoms. The molecular weight excluding hydrogens is 558 g/mol. The zero-order chi connectivity index (χ0) is 30.8. The van der Waals surface area contributed by atoms with E-state index < -0.39 is 16.1 Å². The first-order chi connectivity index (χ1) is 20.5. The summed E-state index contributed by atoms with van der Waals surface area (Å²) in [6.07, 6.45) is 10.7. The van der Waals surface area contributed by atoms with Crippen LogP contribution in [0.3, 0.4) is 0 Å². The molecule has 7 nitrogen and oxygen atoms in total. The molecular formula is C35H49N3O4S. The summed E-state index contributed by atoms with van der Waals surface area (Å²) >= 11 is 0. The monoisotopic (exact) mass is 607 g/mol. The van der Waals surface area contributed by atoms with Gasteiger partial charge in [-0.1, -0.05) is 56.3 Å². The lowest BCUT2D eigenvalue weighted by molar-refractivity contribution is -0.139. The molecule has 2 unspecified atom stereocenters. The zero-order valence-corrected chi connectivity index (χ0v) is 27.1. The number of nitrogens with one attached hydrogen (secondary N) is 1. The van der Waals surface area contributed by atoms with Gasteiger partial charge in [-0.15, -0.1) is 0 Å². The minimum atomic E-state index is -3.76. The van der Waals surface area contributed by atoms with E-state index in [0.717, 1.165) is 36.0 Å². The predicted octanol–water partition coefficient (Wildman–Crippen LogP) is 5.69. The maximum atomic E-state index is 14.0. The van der Waals surface area contributed by atoms with E-state index in [1.807, 2.05) is 63.2 Å². The van der Waals surface area contributed by atoms with Gasteiger partial charge in [0.25, 0.3) is 0 Å². The summed E-state index contributed by atoms with van der Waals surface area (Å²) in [5.74, 6) is 1.88. The molecule has 6 rings (SSSR count). The van der Waals surface area contributed by atoms with Crippen LogP contribution in [0.4, 0.5) is 5.69 Å². The SMILES string of the molecule is CCC(C)NC(=O)C(CC)N(CCc1ccccc1)C(=O)CN(c1ccc(C23CC4CC(CC(C4)C2)C3)cc1)S(C)(=O)=O. The van der Waals surface area contributed by atoms with Crippen LogP contribution in [0.15, 0.2) is 54.6 Å². The molecule has 2 atom stereocenters. The van der Waals surface area contributed by atoms with E-state index in [1.54, 1.807) is 4.90 Å². The average molecular weight is 608 g/mol. The molecule has 8 heteroatoms. The Balaban J connectivity index is 1.37.